The van der Waals surface area contributed by atoms with E-state index in [9.17, 15) is 26.4 Å². The maximum Gasteiger partial charge on any atom is 0.573 e. The lowest BCUT2D eigenvalue weighted by atomic mass is 10.1. The highest BCUT2D eigenvalue weighted by Crippen LogP contribution is 2.26. The fraction of sp³-hybridized carbons (Fsp3) is 0.188. The lowest BCUT2D eigenvalue weighted by Crippen LogP contribution is -2.17. The number of carbonyl (C=O) groups is 1. The number of hydrogen-bond acceptors (Lipinski definition) is 6. The van der Waals surface area contributed by atoms with Crippen molar-refractivity contribution in [3.8, 4) is 11.5 Å². The summed E-state index contributed by atoms with van der Waals surface area (Å²) in [5, 5.41) is 0. The standard InChI is InChI=1S/C16H13F3O6S/c1-23-15(20)9-11-5-7-12(8-6-11)25-26(21,22)14-4-2-3-13(10-14)24-16(17,18)19/h2-8,10H,9H2,1H3. The first-order valence-corrected chi connectivity index (χ1v) is 8.46. The molecular weight excluding hydrogens is 377 g/mol. The molecule has 0 aromatic heterocycles. The number of rotatable bonds is 6. The Bertz CT molecular complexity index is 876. The maximum absolute atomic E-state index is 12.2. The Morgan fingerprint density at radius 3 is 2.27 bits per heavy atom. The molecule has 0 bridgehead atoms. The van der Waals surface area contributed by atoms with Gasteiger partial charge in [-0.05, 0) is 29.8 Å². The number of halogens is 3. The van der Waals surface area contributed by atoms with Gasteiger partial charge in [-0.1, -0.05) is 18.2 Å². The van der Waals surface area contributed by atoms with Crippen LogP contribution in [0, 0.1) is 0 Å². The lowest BCUT2D eigenvalue weighted by Gasteiger charge is -2.11. The molecule has 2 aromatic carbocycles. The van der Waals surface area contributed by atoms with Crippen molar-refractivity contribution in [3.63, 3.8) is 0 Å². The normalized spacial score (nSPS) is 11.7. The number of esters is 1. The zero-order valence-corrected chi connectivity index (χ0v) is 14.1. The van der Waals surface area contributed by atoms with Crippen LogP contribution in [0.1, 0.15) is 5.56 Å². The van der Waals surface area contributed by atoms with Crippen LogP contribution in [0.3, 0.4) is 0 Å². The summed E-state index contributed by atoms with van der Waals surface area (Å²) in [7, 11) is -3.13. The van der Waals surface area contributed by atoms with E-state index in [0.717, 1.165) is 18.2 Å². The summed E-state index contributed by atoms with van der Waals surface area (Å²) in [4.78, 5) is 10.7. The molecule has 0 saturated heterocycles. The molecule has 0 radical (unpaired) electrons. The first kappa shape index (κ1) is 19.6. The van der Waals surface area contributed by atoms with Crippen molar-refractivity contribution < 1.29 is 40.0 Å². The van der Waals surface area contributed by atoms with Gasteiger partial charge in [-0.3, -0.25) is 4.79 Å². The van der Waals surface area contributed by atoms with Crippen molar-refractivity contribution in [2.45, 2.75) is 17.7 Å². The molecule has 10 heteroatoms. The van der Waals surface area contributed by atoms with E-state index in [0.29, 0.717) is 11.6 Å². The van der Waals surface area contributed by atoms with Gasteiger partial charge in [-0.2, -0.15) is 8.42 Å². The van der Waals surface area contributed by atoms with Crippen LogP contribution in [0.5, 0.6) is 11.5 Å². The van der Waals surface area contributed by atoms with Crippen molar-refractivity contribution in [2.75, 3.05) is 7.11 Å². The Hall–Kier alpha value is -2.75. The van der Waals surface area contributed by atoms with Crippen LogP contribution in [-0.4, -0.2) is 27.9 Å². The van der Waals surface area contributed by atoms with Crippen LogP contribution in [0.4, 0.5) is 13.2 Å². The van der Waals surface area contributed by atoms with E-state index in [1.807, 2.05) is 0 Å². The second kappa shape index (κ2) is 7.65. The molecule has 0 aliphatic carbocycles. The Labute approximate surface area is 147 Å². The van der Waals surface area contributed by atoms with Gasteiger partial charge in [0.05, 0.1) is 13.5 Å². The van der Waals surface area contributed by atoms with Crippen molar-refractivity contribution in [1.82, 2.24) is 0 Å². The predicted octanol–water partition coefficient (Wildman–Crippen LogP) is 3.07. The van der Waals surface area contributed by atoms with Gasteiger partial charge in [0.1, 0.15) is 16.4 Å². The smallest absolute Gasteiger partial charge is 0.469 e. The molecule has 0 aliphatic rings. The average Bonchev–Trinajstić information content (AvgIpc) is 2.55. The van der Waals surface area contributed by atoms with Gasteiger partial charge in [0.25, 0.3) is 0 Å². The van der Waals surface area contributed by atoms with E-state index < -0.39 is 33.1 Å². The van der Waals surface area contributed by atoms with Crippen molar-refractivity contribution in [3.05, 3.63) is 54.1 Å². The second-order valence-corrected chi connectivity index (χ2v) is 6.50. The van der Waals surface area contributed by atoms with Crippen LogP contribution in [0.25, 0.3) is 0 Å². The van der Waals surface area contributed by atoms with E-state index in [2.05, 4.69) is 9.47 Å². The average molecular weight is 390 g/mol. The van der Waals surface area contributed by atoms with Crippen LogP contribution in [0.2, 0.25) is 0 Å². The fourth-order valence-corrected chi connectivity index (χ4v) is 2.87. The van der Waals surface area contributed by atoms with Crippen molar-refractivity contribution in [1.29, 1.82) is 0 Å². The third-order valence-corrected chi connectivity index (χ3v) is 4.28. The number of methoxy groups -OCH3 is 1. The van der Waals surface area contributed by atoms with Crippen LogP contribution in [-0.2, 0) is 26.1 Å². The fourth-order valence-electron chi connectivity index (χ4n) is 1.90. The van der Waals surface area contributed by atoms with Crippen LogP contribution < -0.4 is 8.92 Å². The molecule has 0 N–H and O–H groups in total. The molecule has 2 aromatic rings. The van der Waals surface area contributed by atoms with Gasteiger partial charge in [-0.15, -0.1) is 13.2 Å². The van der Waals surface area contributed by atoms with Crippen molar-refractivity contribution >= 4 is 16.1 Å². The van der Waals surface area contributed by atoms with Gasteiger partial charge in [0.2, 0.25) is 0 Å². The van der Waals surface area contributed by atoms with E-state index in [-0.39, 0.29) is 12.2 Å². The molecule has 0 saturated carbocycles. The monoisotopic (exact) mass is 390 g/mol. The molecule has 0 fully saturated rings. The highest BCUT2D eigenvalue weighted by atomic mass is 32.2. The summed E-state index contributed by atoms with van der Waals surface area (Å²) in [6.07, 6.45) is -4.95. The molecule has 0 amide bonds. The summed E-state index contributed by atoms with van der Waals surface area (Å²) in [5.74, 6) is -1.22. The van der Waals surface area contributed by atoms with Crippen LogP contribution >= 0.6 is 0 Å². The van der Waals surface area contributed by atoms with Gasteiger partial charge in [0, 0.05) is 6.07 Å². The third-order valence-electron chi connectivity index (χ3n) is 3.03. The minimum atomic E-state index is -4.95. The quantitative estimate of drug-likeness (QED) is 0.557. The number of ether oxygens (including phenoxy) is 2. The number of alkyl halides is 3. The Kier molecular flexibility index (Phi) is 5.76. The Balaban J connectivity index is 2.16. The van der Waals surface area contributed by atoms with Gasteiger partial charge in [-0.25, -0.2) is 0 Å². The summed E-state index contributed by atoms with van der Waals surface area (Å²) in [5.41, 5.74) is 0.571. The highest BCUT2D eigenvalue weighted by molar-refractivity contribution is 7.87. The van der Waals surface area contributed by atoms with E-state index >= 15 is 0 Å². The first-order valence-electron chi connectivity index (χ1n) is 7.05. The molecule has 0 heterocycles. The zero-order valence-electron chi connectivity index (χ0n) is 13.3. The third kappa shape index (κ3) is 5.66. The summed E-state index contributed by atoms with van der Waals surface area (Å²) in [6, 6.07) is 9.39. The molecule has 26 heavy (non-hydrogen) atoms. The van der Waals surface area contributed by atoms with Crippen molar-refractivity contribution in [2.24, 2.45) is 0 Å². The second-order valence-electron chi connectivity index (χ2n) is 4.96. The Morgan fingerprint density at radius 1 is 1.04 bits per heavy atom. The largest absolute Gasteiger partial charge is 0.573 e. The zero-order chi connectivity index (χ0) is 19.4. The van der Waals surface area contributed by atoms with E-state index in [1.165, 1.54) is 31.4 Å². The first-order chi connectivity index (χ1) is 12.1. The Morgan fingerprint density at radius 2 is 1.69 bits per heavy atom. The molecule has 0 atom stereocenters. The van der Waals surface area contributed by atoms with E-state index in [1.54, 1.807) is 0 Å². The number of carbonyl (C=O) groups excluding carboxylic acids is 1. The van der Waals surface area contributed by atoms with Crippen LogP contribution in [0.15, 0.2) is 53.4 Å². The predicted molar refractivity (Wildman–Crippen MR) is 83.1 cm³/mol. The molecule has 0 spiro atoms. The molecule has 0 aliphatic heterocycles. The molecule has 6 nitrogen and oxygen atoms in total. The summed E-state index contributed by atoms with van der Waals surface area (Å²) in [6.45, 7) is 0. The number of hydrogen-bond donors (Lipinski definition) is 0. The topological polar surface area (TPSA) is 78.9 Å². The van der Waals surface area contributed by atoms with Gasteiger partial charge in [0.15, 0.2) is 0 Å². The summed E-state index contributed by atoms with van der Waals surface area (Å²) >= 11 is 0. The number of benzene rings is 2. The molecule has 2 rings (SSSR count). The lowest BCUT2D eigenvalue weighted by molar-refractivity contribution is -0.274. The van der Waals surface area contributed by atoms with Gasteiger partial charge < -0.3 is 13.7 Å². The molecular formula is C16H13F3O6S. The SMILES string of the molecule is COC(=O)Cc1ccc(OS(=O)(=O)c2cccc(OC(F)(F)F)c2)cc1. The van der Waals surface area contributed by atoms with Gasteiger partial charge >= 0.3 is 22.4 Å². The minimum Gasteiger partial charge on any atom is -0.469 e. The van der Waals surface area contributed by atoms with E-state index in [4.69, 9.17) is 4.18 Å². The maximum atomic E-state index is 12.2. The molecule has 0 unspecified atom stereocenters. The summed E-state index contributed by atoms with van der Waals surface area (Å²) < 4.78 is 74.2. The highest BCUT2D eigenvalue weighted by Gasteiger charge is 2.31. The molecule has 140 valence electrons. The minimum absolute atomic E-state index is 0.000354.